The maximum atomic E-state index is 13.9. The van der Waals surface area contributed by atoms with Crippen molar-refractivity contribution in [1.82, 2.24) is 15.5 Å². The largest absolute Gasteiger partial charge is 0.393 e. The molecule has 1 aromatic carbocycles. The summed E-state index contributed by atoms with van der Waals surface area (Å²) in [6.07, 6.45) is 14.8. The van der Waals surface area contributed by atoms with E-state index in [-0.39, 0.29) is 28.9 Å². The number of hydrogen-bond donors (Lipinski definition) is 4. The van der Waals surface area contributed by atoms with Gasteiger partial charge in [-0.25, -0.2) is 4.39 Å². The zero-order chi connectivity index (χ0) is 26.3. The van der Waals surface area contributed by atoms with Crippen LogP contribution in [0.5, 0.6) is 0 Å². The van der Waals surface area contributed by atoms with E-state index in [0.29, 0.717) is 34.3 Å². The highest BCUT2D eigenvalue weighted by atomic mass is 35.5. The molecule has 4 fully saturated rings. The van der Waals surface area contributed by atoms with E-state index in [1.54, 1.807) is 0 Å². The lowest BCUT2D eigenvalue weighted by atomic mass is 9.71. The molecule has 3 aliphatic heterocycles. The minimum Gasteiger partial charge on any atom is -0.393 e. The van der Waals surface area contributed by atoms with E-state index in [2.05, 4.69) is 16.0 Å². The van der Waals surface area contributed by atoms with Crippen LogP contribution in [0.2, 0.25) is 5.02 Å². The molecule has 2 saturated heterocycles. The van der Waals surface area contributed by atoms with Crippen molar-refractivity contribution in [1.29, 1.82) is 0 Å². The number of nitrogens with zero attached hydrogens (tertiary/aromatic N) is 1. The molecule has 4 atom stereocenters. The number of aliphatic hydroxyl groups excluding tert-OH is 1. The number of benzene rings is 1. The molecule has 0 spiro atoms. The van der Waals surface area contributed by atoms with Gasteiger partial charge in [0.2, 0.25) is 5.91 Å². The van der Waals surface area contributed by atoms with Gasteiger partial charge in [0.25, 0.3) is 0 Å². The molecule has 4 N–H and O–H groups in total. The van der Waals surface area contributed by atoms with Crippen LogP contribution in [0.1, 0.15) is 82.6 Å². The Hall–Kier alpha value is -1.06. The molecule has 0 bridgehead atoms. The third-order valence-electron chi connectivity index (χ3n) is 9.80. The Morgan fingerprint density at radius 2 is 1.84 bits per heavy atom. The van der Waals surface area contributed by atoms with Crippen LogP contribution in [0.4, 0.5) is 10.1 Å². The summed E-state index contributed by atoms with van der Waals surface area (Å²) in [6.45, 7) is 1.47. The van der Waals surface area contributed by atoms with Gasteiger partial charge in [0.1, 0.15) is 17.4 Å². The third kappa shape index (κ3) is 5.45. The van der Waals surface area contributed by atoms with Crippen LogP contribution in [-0.4, -0.2) is 63.5 Å². The molecule has 6 nitrogen and oxygen atoms in total. The Morgan fingerprint density at radius 1 is 1.13 bits per heavy atom. The van der Waals surface area contributed by atoms with Crippen molar-refractivity contribution < 1.29 is 14.3 Å². The minimum atomic E-state index is -0.393. The number of thioether (sulfide) groups is 1. The monoisotopic (exact) mass is 564 g/mol. The number of aliphatic hydroxyl groups is 1. The van der Waals surface area contributed by atoms with Gasteiger partial charge in [-0.3, -0.25) is 15.4 Å². The molecule has 9 heteroatoms. The standard InChI is InChI=1S/C29H42ClFN4O2S/c30-23-12-19(31)13-24-22(23)16-25(33-24)27(37)35-11-10-29(18-8-6-4-2-1-3-5-7-9-18)26(17-35)38-28(34-29)32-20-14-21(36)15-20/h12-13,18,20-21,25-26,28,32-34,36H,1-11,14-17H2. The molecule has 38 heavy (non-hydrogen) atoms. The first-order chi connectivity index (χ1) is 18.4. The third-order valence-corrected chi connectivity index (χ3v) is 11.6. The lowest BCUT2D eigenvalue weighted by Gasteiger charge is -2.49. The fourth-order valence-electron chi connectivity index (χ4n) is 7.59. The van der Waals surface area contributed by atoms with Crippen LogP contribution >= 0.6 is 23.4 Å². The van der Waals surface area contributed by atoms with Gasteiger partial charge >= 0.3 is 0 Å². The molecule has 5 aliphatic rings. The van der Waals surface area contributed by atoms with E-state index in [1.807, 2.05) is 16.7 Å². The summed E-state index contributed by atoms with van der Waals surface area (Å²) < 4.78 is 13.9. The first-order valence-electron chi connectivity index (χ1n) is 14.8. The van der Waals surface area contributed by atoms with Crippen LogP contribution in [0.3, 0.4) is 0 Å². The molecule has 0 aromatic heterocycles. The zero-order valence-corrected chi connectivity index (χ0v) is 23.8. The smallest absolute Gasteiger partial charge is 0.245 e. The van der Waals surface area contributed by atoms with E-state index in [0.717, 1.165) is 37.9 Å². The number of piperidine rings is 1. The fourth-order valence-corrected chi connectivity index (χ4v) is 9.65. The summed E-state index contributed by atoms with van der Waals surface area (Å²) in [7, 11) is 0. The number of nitrogens with one attached hydrogen (secondary N) is 3. The number of anilines is 1. The zero-order valence-electron chi connectivity index (χ0n) is 22.2. The normalized spacial score (nSPS) is 36.2. The number of hydrogen-bond acceptors (Lipinski definition) is 6. The Labute approximate surface area is 235 Å². The van der Waals surface area contributed by atoms with Crippen LogP contribution in [0, 0.1) is 11.7 Å². The number of amides is 1. The van der Waals surface area contributed by atoms with Gasteiger partial charge in [-0.2, -0.15) is 0 Å². The van der Waals surface area contributed by atoms with Gasteiger partial charge < -0.3 is 15.3 Å². The Balaban J connectivity index is 1.17. The summed E-state index contributed by atoms with van der Waals surface area (Å²) in [5, 5.41) is 21.6. The van der Waals surface area contributed by atoms with Crippen molar-refractivity contribution in [3.63, 3.8) is 0 Å². The number of carbonyl (C=O) groups is 1. The highest BCUT2D eigenvalue weighted by Gasteiger charge is 2.55. The number of fused-ring (bicyclic) bond motifs is 2. The van der Waals surface area contributed by atoms with Crippen molar-refractivity contribution in [3.8, 4) is 0 Å². The maximum Gasteiger partial charge on any atom is 0.245 e. The average Bonchev–Trinajstić information content (AvgIpc) is 3.47. The Kier molecular flexibility index (Phi) is 8.16. The van der Waals surface area contributed by atoms with E-state index < -0.39 is 6.04 Å². The van der Waals surface area contributed by atoms with Gasteiger partial charge in [-0.1, -0.05) is 56.5 Å². The predicted octanol–water partition coefficient (Wildman–Crippen LogP) is 5.03. The number of halogens is 2. The molecule has 3 heterocycles. The van der Waals surface area contributed by atoms with Gasteiger partial charge in [0.15, 0.2) is 0 Å². The molecular formula is C29H42ClFN4O2S. The van der Waals surface area contributed by atoms with Crippen molar-refractivity contribution >= 4 is 35.0 Å². The highest BCUT2D eigenvalue weighted by Crippen LogP contribution is 2.48. The second-order valence-corrected chi connectivity index (χ2v) is 14.0. The molecule has 1 aromatic rings. The van der Waals surface area contributed by atoms with E-state index in [1.165, 1.54) is 69.9 Å². The average molecular weight is 565 g/mol. The first-order valence-corrected chi connectivity index (χ1v) is 16.1. The van der Waals surface area contributed by atoms with Crippen LogP contribution in [0.25, 0.3) is 0 Å². The summed E-state index contributed by atoms with van der Waals surface area (Å²) in [5.41, 5.74) is 1.66. The lowest BCUT2D eigenvalue weighted by molar-refractivity contribution is -0.133. The van der Waals surface area contributed by atoms with Gasteiger partial charge in [0, 0.05) is 47.1 Å². The second kappa shape index (κ2) is 11.4. The van der Waals surface area contributed by atoms with Crippen molar-refractivity contribution in [2.75, 3.05) is 18.4 Å². The molecule has 210 valence electrons. The Bertz CT molecular complexity index is 1020. The quantitative estimate of drug-likeness (QED) is 0.411. The summed E-state index contributed by atoms with van der Waals surface area (Å²) in [5.74, 6) is 0.329. The molecule has 4 unspecified atom stereocenters. The van der Waals surface area contributed by atoms with Crippen LogP contribution in [-0.2, 0) is 11.2 Å². The summed E-state index contributed by atoms with van der Waals surface area (Å²) in [6, 6.07) is 2.74. The van der Waals surface area contributed by atoms with Crippen molar-refractivity contribution in [3.05, 3.63) is 28.5 Å². The van der Waals surface area contributed by atoms with Gasteiger partial charge in [-0.15, -0.1) is 11.8 Å². The van der Waals surface area contributed by atoms with E-state index in [9.17, 15) is 14.3 Å². The molecule has 0 radical (unpaired) electrons. The second-order valence-electron chi connectivity index (χ2n) is 12.3. The van der Waals surface area contributed by atoms with Crippen LogP contribution in [0.15, 0.2) is 12.1 Å². The van der Waals surface area contributed by atoms with Crippen LogP contribution < -0.4 is 16.0 Å². The lowest BCUT2D eigenvalue weighted by Crippen LogP contribution is -2.65. The summed E-state index contributed by atoms with van der Waals surface area (Å²) >= 11 is 8.25. The van der Waals surface area contributed by atoms with Crippen molar-refractivity contribution in [2.24, 2.45) is 5.92 Å². The van der Waals surface area contributed by atoms with E-state index in [4.69, 9.17) is 11.6 Å². The SMILES string of the molecule is O=C(C1Cc2c(Cl)cc(F)cc2N1)N1CCC2(C3CCCCCCCCC3)NC(NC3CC(O)C3)SC2C1. The fraction of sp³-hybridized carbons (Fsp3) is 0.759. The molecule has 6 rings (SSSR count). The molecule has 1 amide bonds. The minimum absolute atomic E-state index is 0.0270. The van der Waals surface area contributed by atoms with E-state index >= 15 is 0 Å². The topological polar surface area (TPSA) is 76.6 Å². The van der Waals surface area contributed by atoms with Gasteiger partial charge in [-0.05, 0) is 55.7 Å². The number of carbonyl (C=O) groups excluding carboxylic acids is 1. The molecular weight excluding hydrogens is 523 g/mol. The van der Waals surface area contributed by atoms with Crippen molar-refractivity contribution in [2.45, 2.75) is 118 Å². The predicted molar refractivity (Wildman–Crippen MR) is 152 cm³/mol. The molecule has 2 saturated carbocycles. The number of likely N-dealkylation sites (tertiary alicyclic amines) is 1. The maximum absolute atomic E-state index is 13.9. The van der Waals surface area contributed by atoms with Gasteiger partial charge in [0.05, 0.1) is 6.10 Å². The highest BCUT2D eigenvalue weighted by molar-refractivity contribution is 8.00. The Morgan fingerprint density at radius 3 is 2.55 bits per heavy atom. The number of rotatable bonds is 4. The summed E-state index contributed by atoms with van der Waals surface area (Å²) in [4.78, 5) is 15.8. The molecule has 2 aliphatic carbocycles. The first kappa shape index (κ1) is 27.1.